The molecule has 1 nitrogen and oxygen atoms in total. The van der Waals surface area contributed by atoms with Gasteiger partial charge in [-0.3, -0.25) is 0 Å². The summed E-state index contributed by atoms with van der Waals surface area (Å²) in [5.74, 6) is 4.62. The number of hydrogen-bond donors (Lipinski definition) is 1. The molecular weight excluding hydrogens is 352 g/mol. The third kappa shape index (κ3) is 3.77. The van der Waals surface area contributed by atoms with E-state index in [1.165, 1.54) is 69.8 Å². The van der Waals surface area contributed by atoms with E-state index in [9.17, 15) is 5.11 Å². The molecule has 166 valence electrons. The standard InChI is InChI=1S/C28H48O/c1-19(26(2,3)4)8-7-9-20-11-13-24-23-12-10-21-18-22(29)14-16-28(21,6)25(23)15-17-27(20,24)5/h20-25,29H,1,7-18H2,2-6H3/t20-,21-,22-,23-,24-,25-,27+,28-/m0/s1. The van der Waals surface area contributed by atoms with Gasteiger partial charge in [-0.1, -0.05) is 46.8 Å². The Labute approximate surface area is 181 Å². The van der Waals surface area contributed by atoms with Crippen molar-refractivity contribution in [1.82, 2.24) is 0 Å². The van der Waals surface area contributed by atoms with Gasteiger partial charge in [-0.05, 0) is 123 Å². The van der Waals surface area contributed by atoms with Crippen LogP contribution in [0.3, 0.4) is 0 Å². The van der Waals surface area contributed by atoms with Crippen molar-refractivity contribution in [2.24, 2.45) is 45.8 Å². The van der Waals surface area contributed by atoms with Crippen LogP contribution in [-0.4, -0.2) is 11.2 Å². The molecule has 0 spiro atoms. The van der Waals surface area contributed by atoms with E-state index in [1.54, 1.807) is 0 Å². The molecule has 4 rings (SSSR count). The van der Waals surface area contributed by atoms with Crippen molar-refractivity contribution in [3.8, 4) is 0 Å². The van der Waals surface area contributed by atoms with Gasteiger partial charge in [-0.2, -0.15) is 0 Å². The molecule has 0 amide bonds. The van der Waals surface area contributed by atoms with Crippen molar-refractivity contribution < 1.29 is 5.11 Å². The number of allylic oxidation sites excluding steroid dienone is 1. The van der Waals surface area contributed by atoms with Gasteiger partial charge in [0.1, 0.15) is 0 Å². The first-order valence-electron chi connectivity index (χ1n) is 12.9. The topological polar surface area (TPSA) is 20.2 Å². The summed E-state index contributed by atoms with van der Waals surface area (Å²) >= 11 is 0. The summed E-state index contributed by atoms with van der Waals surface area (Å²) in [6, 6.07) is 0. The summed E-state index contributed by atoms with van der Waals surface area (Å²) in [7, 11) is 0. The third-order valence-electron chi connectivity index (χ3n) is 10.9. The smallest absolute Gasteiger partial charge is 0.0543 e. The lowest BCUT2D eigenvalue weighted by Crippen LogP contribution is -2.53. The first-order valence-corrected chi connectivity index (χ1v) is 12.9. The molecule has 0 aromatic carbocycles. The molecule has 8 atom stereocenters. The molecule has 0 aromatic heterocycles. The maximum atomic E-state index is 10.2. The molecule has 1 N–H and O–H groups in total. The van der Waals surface area contributed by atoms with Crippen LogP contribution >= 0.6 is 0 Å². The van der Waals surface area contributed by atoms with Gasteiger partial charge >= 0.3 is 0 Å². The van der Waals surface area contributed by atoms with Gasteiger partial charge in [0.2, 0.25) is 0 Å². The second-order valence-corrected chi connectivity index (χ2v) is 13.1. The van der Waals surface area contributed by atoms with Crippen LogP contribution in [0.2, 0.25) is 0 Å². The molecule has 1 heteroatoms. The lowest BCUT2D eigenvalue weighted by Gasteiger charge is -2.61. The van der Waals surface area contributed by atoms with E-state index in [1.807, 2.05) is 0 Å². The van der Waals surface area contributed by atoms with Crippen LogP contribution in [0.15, 0.2) is 12.2 Å². The molecule has 0 aromatic rings. The number of aliphatic hydroxyl groups excluding tert-OH is 1. The van der Waals surface area contributed by atoms with Gasteiger partial charge in [0.15, 0.2) is 0 Å². The Hall–Kier alpha value is -0.300. The normalized spacial score (nSPS) is 47.2. The van der Waals surface area contributed by atoms with Crippen molar-refractivity contribution in [3.05, 3.63) is 12.2 Å². The van der Waals surface area contributed by atoms with E-state index in [0.29, 0.717) is 10.8 Å². The Bertz CT molecular complexity index is 614. The molecule has 4 saturated carbocycles. The van der Waals surface area contributed by atoms with Crippen molar-refractivity contribution in [2.75, 3.05) is 0 Å². The minimum atomic E-state index is -0.0165. The lowest BCUT2D eigenvalue weighted by molar-refractivity contribution is -0.126. The van der Waals surface area contributed by atoms with Crippen molar-refractivity contribution in [3.63, 3.8) is 0 Å². The summed E-state index contributed by atoms with van der Waals surface area (Å²) < 4.78 is 0. The molecule has 0 radical (unpaired) electrons. The Kier molecular flexibility index (Phi) is 5.81. The molecular formula is C28H48O. The quantitative estimate of drug-likeness (QED) is 0.478. The van der Waals surface area contributed by atoms with Gasteiger partial charge in [0, 0.05) is 0 Å². The monoisotopic (exact) mass is 400 g/mol. The summed E-state index contributed by atoms with van der Waals surface area (Å²) in [5, 5.41) is 10.2. The first kappa shape index (κ1) is 21.9. The zero-order valence-corrected chi connectivity index (χ0v) is 20.1. The van der Waals surface area contributed by atoms with Crippen molar-refractivity contribution >= 4 is 0 Å². The molecule has 0 bridgehead atoms. The average molecular weight is 401 g/mol. The fourth-order valence-corrected chi connectivity index (χ4v) is 8.76. The van der Waals surface area contributed by atoms with E-state index >= 15 is 0 Å². The number of rotatable bonds is 4. The van der Waals surface area contributed by atoms with Crippen molar-refractivity contribution in [2.45, 2.75) is 118 Å². The lowest BCUT2D eigenvalue weighted by atomic mass is 9.44. The van der Waals surface area contributed by atoms with Gasteiger partial charge in [-0.15, -0.1) is 0 Å². The molecule has 0 aliphatic heterocycles. The minimum Gasteiger partial charge on any atom is -0.393 e. The predicted octanol–water partition coefficient (Wildman–Crippen LogP) is 7.78. The van der Waals surface area contributed by atoms with Crippen LogP contribution in [0, 0.1) is 45.8 Å². The van der Waals surface area contributed by atoms with E-state index in [4.69, 9.17) is 0 Å². The molecule has 0 unspecified atom stereocenters. The average Bonchev–Trinajstić information content (AvgIpc) is 2.98. The van der Waals surface area contributed by atoms with Crippen LogP contribution in [0.4, 0.5) is 0 Å². The minimum absolute atomic E-state index is 0.0165. The molecule has 4 aliphatic carbocycles. The number of hydrogen-bond acceptors (Lipinski definition) is 1. The second-order valence-electron chi connectivity index (χ2n) is 13.1. The maximum Gasteiger partial charge on any atom is 0.0543 e. The second kappa shape index (κ2) is 7.68. The highest BCUT2D eigenvalue weighted by molar-refractivity contribution is 5.10. The van der Waals surface area contributed by atoms with E-state index < -0.39 is 0 Å². The summed E-state index contributed by atoms with van der Waals surface area (Å²) in [5.41, 5.74) is 2.82. The van der Waals surface area contributed by atoms with Crippen LogP contribution in [0.25, 0.3) is 0 Å². The zero-order valence-electron chi connectivity index (χ0n) is 20.1. The number of fused-ring (bicyclic) bond motifs is 5. The highest BCUT2D eigenvalue weighted by atomic mass is 16.3. The van der Waals surface area contributed by atoms with Crippen LogP contribution in [0.1, 0.15) is 112 Å². The van der Waals surface area contributed by atoms with Crippen molar-refractivity contribution in [1.29, 1.82) is 0 Å². The SMILES string of the molecule is C=C(CCC[C@H]1CC[C@H]2[C@@H]3CC[C@H]4C[C@@H](O)CC[C@]4(C)[C@H]3CC[C@]12C)C(C)(C)C. The third-order valence-corrected chi connectivity index (χ3v) is 10.9. The largest absolute Gasteiger partial charge is 0.393 e. The summed E-state index contributed by atoms with van der Waals surface area (Å²) in [6.07, 6.45) is 16.1. The molecule has 4 fully saturated rings. The fraction of sp³-hybridized carbons (Fsp3) is 0.929. The maximum absolute atomic E-state index is 10.2. The van der Waals surface area contributed by atoms with Crippen LogP contribution in [-0.2, 0) is 0 Å². The summed E-state index contributed by atoms with van der Waals surface area (Å²) in [4.78, 5) is 0. The highest BCUT2D eigenvalue weighted by Crippen LogP contribution is 2.67. The fourth-order valence-electron chi connectivity index (χ4n) is 8.76. The van der Waals surface area contributed by atoms with E-state index in [-0.39, 0.29) is 11.5 Å². The van der Waals surface area contributed by atoms with E-state index in [2.05, 4.69) is 41.2 Å². The Morgan fingerprint density at radius 3 is 2.34 bits per heavy atom. The Morgan fingerprint density at radius 1 is 0.931 bits per heavy atom. The van der Waals surface area contributed by atoms with E-state index in [0.717, 1.165) is 42.4 Å². The predicted molar refractivity (Wildman–Crippen MR) is 124 cm³/mol. The Balaban J connectivity index is 1.41. The Morgan fingerprint density at radius 2 is 1.62 bits per heavy atom. The summed E-state index contributed by atoms with van der Waals surface area (Å²) in [6.45, 7) is 16.6. The van der Waals surface area contributed by atoms with Gasteiger partial charge in [-0.25, -0.2) is 0 Å². The van der Waals surface area contributed by atoms with Crippen LogP contribution < -0.4 is 0 Å². The van der Waals surface area contributed by atoms with Crippen LogP contribution in [0.5, 0.6) is 0 Å². The van der Waals surface area contributed by atoms with Gasteiger partial charge in [0.25, 0.3) is 0 Å². The molecule has 4 aliphatic rings. The highest BCUT2D eigenvalue weighted by Gasteiger charge is 2.59. The van der Waals surface area contributed by atoms with Gasteiger partial charge in [0.05, 0.1) is 6.10 Å². The molecule has 0 heterocycles. The molecule has 29 heavy (non-hydrogen) atoms. The number of aliphatic hydroxyl groups is 1. The zero-order chi connectivity index (χ0) is 21.0. The molecule has 0 saturated heterocycles. The van der Waals surface area contributed by atoms with Gasteiger partial charge < -0.3 is 5.11 Å². The first-order chi connectivity index (χ1) is 13.6.